The summed E-state index contributed by atoms with van der Waals surface area (Å²) in [5.74, 6) is -5.38. The van der Waals surface area contributed by atoms with Crippen LogP contribution in [-0.2, 0) is 84.7 Å². The van der Waals surface area contributed by atoms with Crippen LogP contribution in [0.25, 0.3) is 10.6 Å². The number of rotatable bonds is 56. The molecule has 3 aromatic carbocycles. The van der Waals surface area contributed by atoms with Crippen molar-refractivity contribution in [2.45, 2.75) is 219 Å². The van der Waals surface area contributed by atoms with Crippen LogP contribution in [0.3, 0.4) is 0 Å². The number of aliphatic hydroxyl groups excluding tert-OH is 1. The molecular weight excluding hydrogens is 1550 g/mol. The molecule has 13 atom stereocenters. The van der Waals surface area contributed by atoms with Gasteiger partial charge in [-0.25, -0.2) is 14.3 Å². The normalized spacial score (nSPS) is 16.2. The van der Waals surface area contributed by atoms with Crippen LogP contribution < -0.4 is 43.4 Å². The van der Waals surface area contributed by atoms with E-state index in [-0.39, 0.29) is 87.8 Å². The van der Waals surface area contributed by atoms with Crippen LogP contribution in [0.4, 0.5) is 15.3 Å². The Labute approximate surface area is 708 Å². The number of primary amides is 1. The van der Waals surface area contributed by atoms with E-state index in [1.807, 2.05) is 70.4 Å². The smallest absolute Gasteiger partial charge is 0.410 e. The number of unbranched alkanes of at least 4 members (excludes halogenated alkanes) is 1. The van der Waals surface area contributed by atoms with E-state index in [0.29, 0.717) is 88.0 Å². The number of ether oxygens (including phenoxy) is 8. The van der Waals surface area contributed by atoms with E-state index in [4.69, 9.17) is 49.4 Å². The largest absolute Gasteiger partial charge is 0.445 e. The molecule has 0 bridgehead atoms. The van der Waals surface area contributed by atoms with Crippen molar-refractivity contribution in [3.63, 3.8) is 0 Å². The second-order valence-corrected chi connectivity index (χ2v) is 33.3. The number of thioether (sulfide) groups is 1. The summed E-state index contributed by atoms with van der Waals surface area (Å²) in [6.07, 6.45) is 3.73. The molecule has 0 saturated carbocycles. The number of likely N-dealkylation sites (tertiary alicyclic amines) is 1. The highest BCUT2D eigenvalue weighted by atomic mass is 32.2. The van der Waals surface area contributed by atoms with Crippen LogP contribution in [0.1, 0.15) is 169 Å². The fourth-order valence-electron chi connectivity index (χ4n) is 14.1. The molecule has 1 saturated heterocycles. The highest BCUT2D eigenvalue weighted by Gasteiger charge is 2.44. The van der Waals surface area contributed by atoms with Gasteiger partial charge in [0.05, 0.1) is 127 Å². The van der Waals surface area contributed by atoms with Crippen molar-refractivity contribution >= 4 is 83.7 Å². The van der Waals surface area contributed by atoms with Crippen LogP contribution in [-0.4, -0.2) is 256 Å². The minimum absolute atomic E-state index is 0.0531. The number of likely N-dealkylation sites (N-methyl/N-ethyl adjacent to an activating group) is 2. The van der Waals surface area contributed by atoms with E-state index in [9.17, 15) is 48.3 Å². The van der Waals surface area contributed by atoms with E-state index in [1.165, 1.54) is 26.2 Å². The lowest BCUT2D eigenvalue weighted by Crippen LogP contribution is -2.60. The highest BCUT2D eigenvalue weighted by molar-refractivity contribution is 8.10. The number of amides is 10. The maximum atomic E-state index is 14.9. The van der Waals surface area contributed by atoms with Crippen molar-refractivity contribution in [3.05, 3.63) is 114 Å². The molecule has 0 radical (unpaired) electrons. The predicted molar refractivity (Wildman–Crippen MR) is 460 cm³/mol. The zero-order valence-electron chi connectivity index (χ0n) is 72.8. The van der Waals surface area contributed by atoms with Crippen molar-refractivity contribution in [1.29, 1.82) is 0 Å². The lowest BCUT2D eigenvalue weighted by molar-refractivity contribution is -0.148. The third kappa shape index (κ3) is 33.8. The van der Waals surface area contributed by atoms with Crippen molar-refractivity contribution in [2.24, 2.45) is 41.1 Å². The molecule has 34 heteroatoms. The molecule has 2 heterocycles. The molecule has 1 aliphatic rings. The Morgan fingerprint density at radius 3 is 1.89 bits per heavy atom. The molecule has 662 valence electrons. The van der Waals surface area contributed by atoms with Crippen molar-refractivity contribution in [1.82, 2.24) is 56.3 Å². The Bertz CT molecular complexity index is 3770. The number of aromatic nitrogens is 3. The van der Waals surface area contributed by atoms with Gasteiger partial charge >= 0.3 is 12.1 Å². The Balaban J connectivity index is 1.03. The Kier molecular flexibility index (Phi) is 44.6. The molecule has 0 spiro atoms. The SMILES string of the molecule is BC(N)(CCCC)SC(=C)c1ccc(-n2cc(COCCOCCOCCOCCOCCC(=O)N[C@H](C(=O)N[C@@H](CCCNC(N)=O)C(=O)Nc3ccc(COC(=O)N(C)[C@H](C(=O)NC(C(=O)N(C)[C@@H]([C@@H](C)CC)[C@@H](CC(=O)N4CCC[C@H]4[C@H](OC)[C@@H](C)C(=O)N[C@H](C)[C@@H](O)c4ccccc4)OC)C(C)C)C(C)C)cc3)C(C)C)nn2)cc1. The number of benzene rings is 3. The second kappa shape index (κ2) is 52.6. The summed E-state index contributed by atoms with van der Waals surface area (Å²) in [7, 11) is 8.13. The average molecular weight is 1680 g/mol. The lowest BCUT2D eigenvalue weighted by Gasteiger charge is -2.41. The van der Waals surface area contributed by atoms with Gasteiger partial charge in [0.15, 0.2) is 0 Å². The van der Waals surface area contributed by atoms with Crippen LogP contribution in [0.5, 0.6) is 0 Å². The standard InChI is InChI=1S/C85H135BN14O18S/c1-17-19-38-85(86,88)119-60(12)62-31-35-66(36-32-62)100-51-65(95-96-100)53-117-49-48-116-47-46-115-45-44-114-43-42-113-41-37-70(101)93-72(54(3)4)80(106)92-67(27-23-39-89-83(87)109)79(105)91-64-33-29-61(30-34-64)52-118-84(110)98(14)74(56(7)8)81(107)94-73(55(5)6)82(108)97(13)75(57(9)18-2)69(111-15)50-71(102)99-40-24-28-68(99)77(112-16)58(10)78(104)90-59(11)76(103)63-25-21-20-22-26-63/h20-22,25-26,29-36,51,54-59,67-69,72-77,103H,12,17-19,23-24,27-28,37-50,52-53,86,88H2,1-11,13-16H3,(H,90,104)(H,91,105)(H,92,106)(H,93,101)(H,94,107)(H3,87,89,109)/t57-,58+,59+,67-,68-,69+,72-,73?,74-,75-,76+,77+,85?/m0/s1. The molecule has 1 fully saturated rings. The summed E-state index contributed by atoms with van der Waals surface area (Å²) in [6, 6.07) is 16.7. The second-order valence-electron chi connectivity index (χ2n) is 31.7. The summed E-state index contributed by atoms with van der Waals surface area (Å²) < 4.78 is 47.3. The summed E-state index contributed by atoms with van der Waals surface area (Å²) in [5, 5.41) is 36.2. The number of carbonyl (C=O) groups is 9. The number of nitrogens with one attached hydrogen (secondary N) is 6. The van der Waals surface area contributed by atoms with Gasteiger partial charge in [-0.15, -0.1) is 16.9 Å². The van der Waals surface area contributed by atoms with Gasteiger partial charge in [0.1, 0.15) is 44.3 Å². The monoisotopic (exact) mass is 1680 g/mol. The van der Waals surface area contributed by atoms with E-state index in [2.05, 4.69) is 55.7 Å². The first-order valence-electron chi connectivity index (χ1n) is 41.6. The molecule has 5 rings (SSSR count). The molecule has 1 aromatic heterocycles. The number of nitrogens with zero attached hydrogens (tertiary/aromatic N) is 6. The molecule has 4 aromatic rings. The number of hydrogen-bond acceptors (Lipinski definition) is 22. The topological polar surface area (TPSA) is 412 Å². The van der Waals surface area contributed by atoms with Crippen molar-refractivity contribution in [3.8, 4) is 5.69 Å². The first-order chi connectivity index (χ1) is 56.7. The van der Waals surface area contributed by atoms with Gasteiger partial charge in [0.2, 0.25) is 41.4 Å². The third-order valence-electron chi connectivity index (χ3n) is 21.1. The number of anilines is 1. The van der Waals surface area contributed by atoms with E-state index >= 15 is 0 Å². The number of methoxy groups -OCH3 is 2. The molecule has 0 aliphatic carbocycles. The van der Waals surface area contributed by atoms with Gasteiger partial charge in [-0.1, -0.05) is 155 Å². The molecule has 11 N–H and O–H groups in total. The van der Waals surface area contributed by atoms with Crippen LogP contribution in [0.15, 0.2) is 91.6 Å². The molecule has 32 nitrogen and oxygen atoms in total. The van der Waals surface area contributed by atoms with Crippen LogP contribution in [0.2, 0.25) is 0 Å². The fourth-order valence-corrected chi connectivity index (χ4v) is 15.2. The zero-order valence-corrected chi connectivity index (χ0v) is 73.7. The van der Waals surface area contributed by atoms with Crippen molar-refractivity contribution in [2.75, 3.05) is 106 Å². The van der Waals surface area contributed by atoms with Gasteiger partial charge in [-0.05, 0) is 104 Å². The van der Waals surface area contributed by atoms with Gasteiger partial charge in [-0.2, -0.15) is 0 Å². The number of carbonyl (C=O) groups excluding carboxylic acids is 9. The average Bonchev–Trinajstić information content (AvgIpc) is 1.79. The van der Waals surface area contributed by atoms with E-state index in [1.54, 1.807) is 125 Å². The first kappa shape index (κ1) is 101. The minimum atomic E-state index is -1.12. The van der Waals surface area contributed by atoms with Crippen LogP contribution >= 0.6 is 11.8 Å². The van der Waals surface area contributed by atoms with Crippen molar-refractivity contribution < 1.29 is 86.2 Å². The van der Waals surface area contributed by atoms with Crippen LogP contribution in [0, 0.1) is 29.6 Å². The lowest BCUT2D eigenvalue weighted by atomic mass is 9.89. The number of urea groups is 1. The maximum absolute atomic E-state index is 14.9. The molecule has 2 unspecified atom stereocenters. The van der Waals surface area contributed by atoms with Gasteiger partial charge in [0.25, 0.3) is 0 Å². The molecular formula is C85H135BN14O18S. The first-order valence-corrected chi connectivity index (χ1v) is 42.4. The summed E-state index contributed by atoms with van der Waals surface area (Å²) in [4.78, 5) is 129. The molecule has 119 heavy (non-hydrogen) atoms. The van der Waals surface area contributed by atoms with E-state index in [0.717, 1.165) is 35.4 Å². The number of hydrogen-bond donors (Lipinski definition) is 9. The number of nitrogens with two attached hydrogens (primary N) is 2. The molecule has 1 aliphatic heterocycles. The molecule has 10 amide bonds. The van der Waals surface area contributed by atoms with E-state index < -0.39 is 126 Å². The quantitative estimate of drug-likeness (QED) is 0.0122. The Morgan fingerprint density at radius 1 is 0.706 bits per heavy atom. The van der Waals surface area contributed by atoms with Gasteiger partial charge < -0.3 is 96.2 Å². The highest BCUT2D eigenvalue weighted by Crippen LogP contribution is 2.36. The summed E-state index contributed by atoms with van der Waals surface area (Å²) in [6.45, 7) is 27.7. The Morgan fingerprint density at radius 2 is 1.32 bits per heavy atom. The fraction of sp³-hybridized carbons (Fsp3) is 0.635. The number of aliphatic hydroxyl groups is 1. The van der Waals surface area contributed by atoms with Gasteiger partial charge in [-0.3, -0.25) is 38.5 Å². The summed E-state index contributed by atoms with van der Waals surface area (Å²) in [5.41, 5.74) is 15.9. The third-order valence-corrected chi connectivity index (χ3v) is 22.3. The zero-order chi connectivity index (χ0) is 87.9. The summed E-state index contributed by atoms with van der Waals surface area (Å²) >= 11 is 1.59. The predicted octanol–water partition coefficient (Wildman–Crippen LogP) is 6.99. The maximum Gasteiger partial charge on any atom is 0.410 e. The van der Waals surface area contributed by atoms with Gasteiger partial charge in [0, 0.05) is 63.2 Å². The Hall–Kier alpha value is -8.58. The minimum Gasteiger partial charge on any atom is -0.445 e.